The molecule has 0 radical (unpaired) electrons. The van der Waals surface area contributed by atoms with E-state index in [9.17, 15) is 4.79 Å². The number of aryl methyl sites for hydroxylation is 2. The largest absolute Gasteiger partial charge is 0.353 e. The van der Waals surface area contributed by atoms with Crippen LogP contribution in [-0.2, 0) is 4.79 Å². The SMILES string of the molecule is Cc1ccc(-n2cnnc2SCC(=O)NC2CCCC2)cc1C. The van der Waals surface area contributed by atoms with E-state index in [-0.39, 0.29) is 5.91 Å². The predicted octanol–water partition coefficient (Wildman–Crippen LogP) is 3.04. The van der Waals surface area contributed by atoms with Crippen molar-refractivity contribution < 1.29 is 4.79 Å². The van der Waals surface area contributed by atoms with Crippen LogP contribution in [-0.4, -0.2) is 32.5 Å². The minimum absolute atomic E-state index is 0.0801. The smallest absolute Gasteiger partial charge is 0.230 e. The molecule has 122 valence electrons. The van der Waals surface area contributed by atoms with Crippen LogP contribution in [0.4, 0.5) is 0 Å². The maximum absolute atomic E-state index is 12.1. The average Bonchev–Trinajstić information content (AvgIpc) is 3.19. The zero-order valence-corrected chi connectivity index (χ0v) is 14.4. The molecular formula is C17H22N4OS. The number of amides is 1. The Morgan fingerprint density at radius 2 is 2.09 bits per heavy atom. The first-order valence-corrected chi connectivity index (χ1v) is 9.02. The number of benzene rings is 1. The van der Waals surface area contributed by atoms with Crippen LogP contribution in [0.2, 0.25) is 0 Å². The Bertz CT molecular complexity index is 692. The molecule has 1 aromatic carbocycles. The molecule has 0 spiro atoms. The summed E-state index contributed by atoms with van der Waals surface area (Å²) in [4.78, 5) is 12.1. The number of nitrogens with zero attached hydrogens (tertiary/aromatic N) is 3. The number of hydrogen-bond donors (Lipinski definition) is 1. The number of nitrogens with one attached hydrogen (secondary N) is 1. The number of aromatic nitrogens is 3. The van der Waals surface area contributed by atoms with E-state index in [1.54, 1.807) is 6.33 Å². The molecule has 1 saturated carbocycles. The van der Waals surface area contributed by atoms with Crippen molar-refractivity contribution in [3.63, 3.8) is 0 Å². The first kappa shape index (κ1) is 16.1. The fourth-order valence-electron chi connectivity index (χ4n) is 2.84. The van der Waals surface area contributed by atoms with Gasteiger partial charge in [0, 0.05) is 11.7 Å². The van der Waals surface area contributed by atoms with Crippen LogP contribution in [0.25, 0.3) is 5.69 Å². The lowest BCUT2D eigenvalue weighted by molar-refractivity contribution is -0.119. The molecule has 1 aromatic heterocycles. The van der Waals surface area contributed by atoms with Gasteiger partial charge in [-0.25, -0.2) is 0 Å². The van der Waals surface area contributed by atoms with Gasteiger partial charge in [0.2, 0.25) is 5.91 Å². The Balaban J connectivity index is 1.64. The van der Waals surface area contributed by atoms with Gasteiger partial charge in [-0.2, -0.15) is 0 Å². The molecule has 1 fully saturated rings. The van der Waals surface area contributed by atoms with Crippen LogP contribution < -0.4 is 5.32 Å². The van der Waals surface area contributed by atoms with Gasteiger partial charge < -0.3 is 5.32 Å². The molecule has 0 aliphatic heterocycles. The van der Waals surface area contributed by atoms with Gasteiger partial charge in [0.15, 0.2) is 5.16 Å². The molecule has 23 heavy (non-hydrogen) atoms. The molecule has 3 rings (SSSR count). The number of rotatable bonds is 5. The molecular weight excluding hydrogens is 308 g/mol. The fraction of sp³-hybridized carbons (Fsp3) is 0.471. The van der Waals surface area contributed by atoms with E-state index in [1.165, 1.54) is 35.7 Å². The van der Waals surface area contributed by atoms with E-state index >= 15 is 0 Å². The van der Waals surface area contributed by atoms with E-state index in [0.29, 0.717) is 11.8 Å². The molecule has 1 amide bonds. The highest BCUT2D eigenvalue weighted by Gasteiger charge is 2.18. The highest BCUT2D eigenvalue weighted by Crippen LogP contribution is 2.22. The lowest BCUT2D eigenvalue weighted by Gasteiger charge is -2.12. The van der Waals surface area contributed by atoms with E-state index in [4.69, 9.17) is 0 Å². The van der Waals surface area contributed by atoms with E-state index in [2.05, 4.69) is 41.5 Å². The molecule has 0 saturated heterocycles. The first-order chi connectivity index (χ1) is 11.1. The zero-order valence-electron chi connectivity index (χ0n) is 13.6. The Morgan fingerprint density at radius 3 is 2.83 bits per heavy atom. The van der Waals surface area contributed by atoms with Gasteiger partial charge in [-0.1, -0.05) is 30.7 Å². The van der Waals surface area contributed by atoms with Gasteiger partial charge in [-0.15, -0.1) is 10.2 Å². The van der Waals surface area contributed by atoms with Crippen molar-refractivity contribution in [3.05, 3.63) is 35.7 Å². The van der Waals surface area contributed by atoms with Gasteiger partial charge in [-0.3, -0.25) is 9.36 Å². The second kappa shape index (κ2) is 7.17. The van der Waals surface area contributed by atoms with E-state index < -0.39 is 0 Å². The Kier molecular flexibility index (Phi) is 5.00. The van der Waals surface area contributed by atoms with Crippen molar-refractivity contribution in [2.45, 2.75) is 50.7 Å². The Morgan fingerprint density at radius 1 is 1.30 bits per heavy atom. The topological polar surface area (TPSA) is 59.8 Å². The minimum Gasteiger partial charge on any atom is -0.353 e. The lowest BCUT2D eigenvalue weighted by Crippen LogP contribution is -2.33. The van der Waals surface area contributed by atoms with Crippen molar-refractivity contribution in [2.75, 3.05) is 5.75 Å². The summed E-state index contributed by atoms with van der Waals surface area (Å²) < 4.78 is 1.93. The van der Waals surface area contributed by atoms with Gasteiger partial charge in [0.05, 0.1) is 5.75 Å². The molecule has 0 atom stereocenters. The molecule has 1 N–H and O–H groups in total. The van der Waals surface area contributed by atoms with Crippen molar-refractivity contribution in [1.29, 1.82) is 0 Å². The van der Waals surface area contributed by atoms with Crippen LogP contribution in [0.3, 0.4) is 0 Å². The fourth-order valence-corrected chi connectivity index (χ4v) is 3.59. The maximum Gasteiger partial charge on any atom is 0.230 e. The molecule has 1 aliphatic rings. The van der Waals surface area contributed by atoms with E-state index in [1.807, 2.05) is 10.6 Å². The molecule has 6 heteroatoms. The third kappa shape index (κ3) is 3.93. The average molecular weight is 330 g/mol. The highest BCUT2D eigenvalue weighted by atomic mass is 32.2. The summed E-state index contributed by atoms with van der Waals surface area (Å²) in [6.45, 7) is 4.18. The number of thioether (sulfide) groups is 1. The second-order valence-electron chi connectivity index (χ2n) is 6.09. The summed E-state index contributed by atoms with van der Waals surface area (Å²) in [6.07, 6.45) is 6.35. The van der Waals surface area contributed by atoms with Crippen LogP contribution in [0.5, 0.6) is 0 Å². The van der Waals surface area contributed by atoms with Crippen LogP contribution in [0.1, 0.15) is 36.8 Å². The van der Waals surface area contributed by atoms with Gasteiger partial charge >= 0.3 is 0 Å². The Labute approximate surface area is 140 Å². The molecule has 2 aromatic rings. The summed E-state index contributed by atoms with van der Waals surface area (Å²) in [6, 6.07) is 6.61. The van der Waals surface area contributed by atoms with Gasteiger partial charge in [0.1, 0.15) is 6.33 Å². The van der Waals surface area contributed by atoms with Crippen LogP contribution >= 0.6 is 11.8 Å². The summed E-state index contributed by atoms with van der Waals surface area (Å²) >= 11 is 1.43. The van der Waals surface area contributed by atoms with E-state index in [0.717, 1.165) is 23.7 Å². The number of hydrogen-bond acceptors (Lipinski definition) is 4. The zero-order chi connectivity index (χ0) is 16.2. The molecule has 1 heterocycles. The van der Waals surface area contributed by atoms with Crippen molar-refractivity contribution in [3.8, 4) is 5.69 Å². The maximum atomic E-state index is 12.1. The van der Waals surface area contributed by atoms with Crippen molar-refractivity contribution >= 4 is 17.7 Å². The third-order valence-electron chi connectivity index (χ3n) is 4.34. The number of carbonyl (C=O) groups excluding carboxylic acids is 1. The van der Waals surface area contributed by atoms with Gasteiger partial charge in [0.25, 0.3) is 0 Å². The molecule has 1 aliphatic carbocycles. The quantitative estimate of drug-likeness (QED) is 0.856. The summed E-state index contributed by atoms with van der Waals surface area (Å²) in [5, 5.41) is 12.0. The van der Waals surface area contributed by atoms with Crippen molar-refractivity contribution in [2.24, 2.45) is 0 Å². The summed E-state index contributed by atoms with van der Waals surface area (Å²) in [5.74, 6) is 0.455. The summed E-state index contributed by atoms with van der Waals surface area (Å²) in [7, 11) is 0. The molecule has 0 unspecified atom stereocenters. The second-order valence-corrected chi connectivity index (χ2v) is 7.03. The third-order valence-corrected chi connectivity index (χ3v) is 5.28. The number of carbonyl (C=O) groups is 1. The van der Waals surface area contributed by atoms with Crippen LogP contribution in [0.15, 0.2) is 29.7 Å². The standard InChI is InChI=1S/C17H22N4OS/c1-12-7-8-15(9-13(12)2)21-11-18-20-17(21)23-10-16(22)19-14-5-3-4-6-14/h7-9,11,14H,3-6,10H2,1-2H3,(H,19,22). The molecule has 0 bridgehead atoms. The first-order valence-electron chi connectivity index (χ1n) is 8.03. The van der Waals surface area contributed by atoms with Crippen LogP contribution in [0, 0.1) is 13.8 Å². The van der Waals surface area contributed by atoms with Crippen molar-refractivity contribution in [1.82, 2.24) is 20.1 Å². The monoisotopic (exact) mass is 330 g/mol. The highest BCUT2D eigenvalue weighted by molar-refractivity contribution is 7.99. The molecule has 5 nitrogen and oxygen atoms in total. The minimum atomic E-state index is 0.0801. The predicted molar refractivity (Wildman–Crippen MR) is 92.0 cm³/mol. The van der Waals surface area contributed by atoms with Gasteiger partial charge in [-0.05, 0) is 49.9 Å². The summed E-state index contributed by atoms with van der Waals surface area (Å²) in [5.41, 5.74) is 3.51. The lowest BCUT2D eigenvalue weighted by atomic mass is 10.1. The Hall–Kier alpha value is -1.82. The normalized spacial score (nSPS) is 15.0.